The molecule has 1 aliphatic carbocycles. The lowest BCUT2D eigenvalue weighted by atomic mass is 10.0. The molecular weight excluding hydrogens is 276 g/mol. The molecule has 2 amide bonds. The summed E-state index contributed by atoms with van der Waals surface area (Å²) in [4.78, 5) is 14.7. The lowest BCUT2D eigenvalue weighted by molar-refractivity contribution is 0.156. The molecule has 1 aromatic heterocycles. The van der Waals surface area contributed by atoms with Crippen LogP contribution in [0.3, 0.4) is 0 Å². The highest BCUT2D eigenvalue weighted by molar-refractivity contribution is 5.75. The SMILES string of the molecule is CCn1nc(C)c(CNC(=O)N(C2CC2)[C@@H](C)C(C)C)c1C. The number of hydrogen-bond donors (Lipinski definition) is 1. The Labute approximate surface area is 134 Å². The zero-order valence-corrected chi connectivity index (χ0v) is 14.8. The van der Waals surface area contributed by atoms with E-state index in [9.17, 15) is 4.79 Å². The van der Waals surface area contributed by atoms with Crippen LogP contribution in [0.4, 0.5) is 4.79 Å². The number of aryl methyl sites for hydroxylation is 2. The molecule has 1 aromatic rings. The number of hydrogen-bond acceptors (Lipinski definition) is 2. The van der Waals surface area contributed by atoms with Gasteiger partial charge in [-0.25, -0.2) is 4.79 Å². The topological polar surface area (TPSA) is 50.2 Å². The number of rotatable bonds is 6. The van der Waals surface area contributed by atoms with Crippen LogP contribution in [0.25, 0.3) is 0 Å². The number of carbonyl (C=O) groups is 1. The minimum absolute atomic E-state index is 0.0618. The van der Waals surface area contributed by atoms with E-state index in [1.807, 2.05) is 16.5 Å². The third kappa shape index (κ3) is 3.45. The van der Waals surface area contributed by atoms with Crippen LogP contribution in [0.15, 0.2) is 0 Å². The molecule has 22 heavy (non-hydrogen) atoms. The molecule has 5 heteroatoms. The third-order valence-corrected chi connectivity index (χ3v) is 4.83. The molecule has 1 fully saturated rings. The van der Waals surface area contributed by atoms with Gasteiger partial charge in [-0.15, -0.1) is 0 Å². The van der Waals surface area contributed by atoms with Crippen LogP contribution >= 0.6 is 0 Å². The quantitative estimate of drug-likeness (QED) is 0.877. The first-order chi connectivity index (χ1) is 10.4. The van der Waals surface area contributed by atoms with Crippen LogP contribution in [-0.2, 0) is 13.1 Å². The highest BCUT2D eigenvalue weighted by Crippen LogP contribution is 2.30. The van der Waals surface area contributed by atoms with Crippen molar-refractivity contribution in [1.82, 2.24) is 20.0 Å². The summed E-state index contributed by atoms with van der Waals surface area (Å²) in [5.74, 6) is 0.470. The van der Waals surface area contributed by atoms with Crippen molar-refractivity contribution in [1.29, 1.82) is 0 Å². The Bertz CT molecular complexity index is 531. The molecule has 0 radical (unpaired) electrons. The Morgan fingerprint density at radius 1 is 1.36 bits per heavy atom. The van der Waals surface area contributed by atoms with E-state index in [0.717, 1.165) is 36.3 Å². The molecule has 0 saturated heterocycles. The van der Waals surface area contributed by atoms with E-state index in [-0.39, 0.29) is 12.1 Å². The number of aromatic nitrogens is 2. The maximum Gasteiger partial charge on any atom is 0.318 e. The second-order valence-corrected chi connectivity index (χ2v) is 6.75. The van der Waals surface area contributed by atoms with Crippen LogP contribution in [0.2, 0.25) is 0 Å². The Balaban J connectivity index is 2.04. The predicted octanol–water partition coefficient (Wildman–Crippen LogP) is 3.24. The minimum atomic E-state index is 0.0618. The van der Waals surface area contributed by atoms with Crippen LogP contribution in [0.1, 0.15) is 57.5 Å². The predicted molar refractivity (Wildman–Crippen MR) is 88.8 cm³/mol. The standard InChI is InChI=1S/C17H30N4O/c1-7-20-14(6)16(12(4)19-20)10-18-17(22)21(15-8-9-15)13(5)11(2)3/h11,13,15H,7-10H2,1-6H3,(H,18,22)/t13-/m0/s1. The van der Waals surface area contributed by atoms with Gasteiger partial charge in [0.15, 0.2) is 0 Å². The first kappa shape index (κ1) is 16.8. The molecule has 0 spiro atoms. The molecule has 0 bridgehead atoms. The Hall–Kier alpha value is -1.52. The van der Waals surface area contributed by atoms with Crippen molar-refractivity contribution in [3.63, 3.8) is 0 Å². The van der Waals surface area contributed by atoms with Crippen LogP contribution in [0, 0.1) is 19.8 Å². The van der Waals surface area contributed by atoms with E-state index >= 15 is 0 Å². The zero-order chi connectivity index (χ0) is 16.4. The molecule has 0 unspecified atom stereocenters. The fraction of sp³-hybridized carbons (Fsp3) is 0.765. The molecule has 1 N–H and O–H groups in total. The van der Waals surface area contributed by atoms with Crippen LogP contribution in [0.5, 0.6) is 0 Å². The number of carbonyl (C=O) groups excluding carboxylic acids is 1. The van der Waals surface area contributed by atoms with Crippen molar-refractivity contribution in [3.8, 4) is 0 Å². The number of amides is 2. The summed E-state index contributed by atoms with van der Waals surface area (Å²) in [5.41, 5.74) is 3.30. The van der Waals surface area contributed by atoms with E-state index in [4.69, 9.17) is 0 Å². The molecule has 1 heterocycles. The summed E-state index contributed by atoms with van der Waals surface area (Å²) < 4.78 is 1.99. The molecule has 1 aliphatic rings. The summed E-state index contributed by atoms with van der Waals surface area (Å²) in [6.07, 6.45) is 2.27. The largest absolute Gasteiger partial charge is 0.334 e. The summed E-state index contributed by atoms with van der Waals surface area (Å²) >= 11 is 0. The molecule has 1 atom stereocenters. The number of nitrogens with zero attached hydrogens (tertiary/aromatic N) is 3. The van der Waals surface area contributed by atoms with Gasteiger partial charge in [-0.1, -0.05) is 13.8 Å². The van der Waals surface area contributed by atoms with Crippen molar-refractivity contribution in [2.75, 3.05) is 0 Å². The van der Waals surface area contributed by atoms with Crippen molar-refractivity contribution < 1.29 is 4.79 Å². The van der Waals surface area contributed by atoms with Gasteiger partial charge in [-0.05, 0) is 46.5 Å². The van der Waals surface area contributed by atoms with Crippen molar-refractivity contribution in [2.24, 2.45) is 5.92 Å². The Morgan fingerprint density at radius 2 is 2.00 bits per heavy atom. The highest BCUT2D eigenvalue weighted by atomic mass is 16.2. The van der Waals surface area contributed by atoms with Gasteiger partial charge in [0.05, 0.1) is 5.69 Å². The first-order valence-electron chi connectivity index (χ1n) is 8.45. The molecule has 2 rings (SSSR count). The maximum atomic E-state index is 12.6. The molecule has 124 valence electrons. The van der Waals surface area contributed by atoms with Gasteiger partial charge in [0.2, 0.25) is 0 Å². The fourth-order valence-electron chi connectivity index (χ4n) is 2.91. The number of urea groups is 1. The normalized spacial score (nSPS) is 16.0. The highest BCUT2D eigenvalue weighted by Gasteiger charge is 2.36. The fourth-order valence-corrected chi connectivity index (χ4v) is 2.91. The van der Waals surface area contributed by atoms with Crippen molar-refractivity contribution >= 4 is 6.03 Å². The van der Waals surface area contributed by atoms with Gasteiger partial charge in [-0.2, -0.15) is 5.10 Å². The number of nitrogens with one attached hydrogen (secondary N) is 1. The van der Waals surface area contributed by atoms with Gasteiger partial charge in [-0.3, -0.25) is 4.68 Å². The van der Waals surface area contributed by atoms with E-state index in [2.05, 4.69) is 45.0 Å². The second-order valence-electron chi connectivity index (χ2n) is 6.75. The lowest BCUT2D eigenvalue weighted by Crippen LogP contribution is -2.48. The molecule has 0 aliphatic heterocycles. The van der Waals surface area contributed by atoms with Gasteiger partial charge in [0.1, 0.15) is 0 Å². The van der Waals surface area contributed by atoms with E-state index in [0.29, 0.717) is 18.5 Å². The van der Waals surface area contributed by atoms with Gasteiger partial charge in [0, 0.05) is 36.4 Å². The Kier molecular flexibility index (Phi) is 5.14. The van der Waals surface area contributed by atoms with Crippen LogP contribution < -0.4 is 5.32 Å². The maximum absolute atomic E-state index is 12.6. The summed E-state index contributed by atoms with van der Waals surface area (Å²) in [6, 6.07) is 0.762. The van der Waals surface area contributed by atoms with Gasteiger partial charge >= 0.3 is 6.03 Å². The average Bonchev–Trinajstić information content (AvgIpc) is 3.24. The first-order valence-corrected chi connectivity index (χ1v) is 8.45. The third-order valence-electron chi connectivity index (χ3n) is 4.83. The monoisotopic (exact) mass is 306 g/mol. The average molecular weight is 306 g/mol. The minimum Gasteiger partial charge on any atom is -0.334 e. The van der Waals surface area contributed by atoms with Crippen molar-refractivity contribution in [2.45, 2.75) is 79.6 Å². The molecule has 1 saturated carbocycles. The summed E-state index contributed by atoms with van der Waals surface area (Å²) in [5, 5.41) is 7.62. The zero-order valence-electron chi connectivity index (χ0n) is 14.8. The smallest absolute Gasteiger partial charge is 0.318 e. The van der Waals surface area contributed by atoms with E-state index in [1.54, 1.807) is 0 Å². The summed E-state index contributed by atoms with van der Waals surface area (Å²) in [7, 11) is 0. The van der Waals surface area contributed by atoms with Gasteiger partial charge in [0.25, 0.3) is 0 Å². The Morgan fingerprint density at radius 3 is 2.45 bits per heavy atom. The van der Waals surface area contributed by atoms with Crippen molar-refractivity contribution in [3.05, 3.63) is 17.0 Å². The molecular formula is C17H30N4O. The molecule has 0 aromatic carbocycles. The summed E-state index contributed by atoms with van der Waals surface area (Å²) in [6.45, 7) is 14.1. The van der Waals surface area contributed by atoms with E-state index < -0.39 is 0 Å². The van der Waals surface area contributed by atoms with E-state index in [1.165, 1.54) is 0 Å². The second kappa shape index (κ2) is 6.71. The lowest BCUT2D eigenvalue weighted by Gasteiger charge is -2.32. The van der Waals surface area contributed by atoms with Crippen LogP contribution in [-0.4, -0.2) is 32.8 Å². The molecule has 5 nitrogen and oxygen atoms in total. The van der Waals surface area contributed by atoms with Gasteiger partial charge < -0.3 is 10.2 Å².